The van der Waals surface area contributed by atoms with Gasteiger partial charge >= 0.3 is 11.9 Å². The molecule has 0 aliphatic heterocycles. The van der Waals surface area contributed by atoms with Crippen LogP contribution in [0.3, 0.4) is 0 Å². The number of ketones is 2. The number of rotatable bonds is 14. The molecule has 0 aromatic heterocycles. The van der Waals surface area contributed by atoms with E-state index in [4.69, 9.17) is 9.47 Å². The Morgan fingerprint density at radius 3 is 1.25 bits per heavy atom. The minimum atomic E-state index is -1.49. The van der Waals surface area contributed by atoms with Crippen molar-refractivity contribution in [1.29, 1.82) is 10.5 Å². The molecule has 0 saturated heterocycles. The van der Waals surface area contributed by atoms with Crippen molar-refractivity contribution < 1.29 is 28.7 Å². The molecule has 0 saturated carbocycles. The SMILES string of the molecule is CC(C#N)(CCC(=O)Oc1ccccc1C(=O)c1ccccc1)N=NC(C)(C#N)CCC(=O)Oc1ccccc1C(=O)c1ccccc1. The van der Waals surface area contributed by atoms with Crippen LogP contribution >= 0.6 is 0 Å². The molecule has 240 valence electrons. The first-order valence-electron chi connectivity index (χ1n) is 15.1. The van der Waals surface area contributed by atoms with Gasteiger partial charge in [0, 0.05) is 24.0 Å². The van der Waals surface area contributed by atoms with E-state index in [1.807, 2.05) is 12.1 Å². The first kappa shape index (κ1) is 34.6. The van der Waals surface area contributed by atoms with Gasteiger partial charge in [0.2, 0.25) is 0 Å². The van der Waals surface area contributed by atoms with Gasteiger partial charge in [-0.15, -0.1) is 0 Å². The van der Waals surface area contributed by atoms with E-state index in [0.717, 1.165) is 0 Å². The third kappa shape index (κ3) is 9.15. The van der Waals surface area contributed by atoms with E-state index in [-0.39, 0.29) is 59.9 Å². The molecule has 2 atom stereocenters. The van der Waals surface area contributed by atoms with Gasteiger partial charge in [0.25, 0.3) is 0 Å². The van der Waals surface area contributed by atoms with Gasteiger partial charge < -0.3 is 9.47 Å². The summed E-state index contributed by atoms with van der Waals surface area (Å²) in [5.41, 5.74) is -1.67. The maximum absolute atomic E-state index is 13.0. The second kappa shape index (κ2) is 15.8. The first-order chi connectivity index (χ1) is 23.1. The second-order valence-electron chi connectivity index (χ2n) is 11.3. The summed E-state index contributed by atoms with van der Waals surface area (Å²) in [6.45, 7) is 2.92. The van der Waals surface area contributed by atoms with Crippen LogP contribution in [-0.4, -0.2) is 34.6 Å². The molecule has 0 spiro atoms. The lowest BCUT2D eigenvalue weighted by Gasteiger charge is -2.19. The summed E-state index contributed by atoms with van der Waals surface area (Å²) in [5, 5.41) is 27.9. The van der Waals surface area contributed by atoms with Crippen LogP contribution in [0.2, 0.25) is 0 Å². The number of azo groups is 1. The Bertz CT molecular complexity index is 1770. The van der Waals surface area contributed by atoms with E-state index >= 15 is 0 Å². The molecule has 0 aliphatic rings. The monoisotopic (exact) mass is 640 g/mol. The van der Waals surface area contributed by atoms with Crippen LogP contribution in [0.15, 0.2) is 119 Å². The van der Waals surface area contributed by atoms with Gasteiger partial charge in [-0.2, -0.15) is 20.8 Å². The normalized spacial score (nSPS) is 13.2. The zero-order chi connectivity index (χ0) is 34.6. The first-order valence-corrected chi connectivity index (χ1v) is 15.1. The maximum Gasteiger partial charge on any atom is 0.311 e. The summed E-state index contributed by atoms with van der Waals surface area (Å²) >= 11 is 0. The summed E-state index contributed by atoms with van der Waals surface area (Å²) in [4.78, 5) is 51.5. The molecule has 0 aliphatic carbocycles. The molecule has 2 unspecified atom stereocenters. The molecule has 0 fully saturated rings. The van der Waals surface area contributed by atoms with Crippen LogP contribution < -0.4 is 9.47 Å². The van der Waals surface area contributed by atoms with Crippen molar-refractivity contribution in [3.05, 3.63) is 131 Å². The van der Waals surface area contributed by atoms with Crippen molar-refractivity contribution in [2.75, 3.05) is 0 Å². The fourth-order valence-electron chi connectivity index (χ4n) is 4.49. The minimum Gasteiger partial charge on any atom is -0.426 e. The summed E-state index contributed by atoms with van der Waals surface area (Å²) in [5.74, 6) is -1.80. The average molecular weight is 641 g/mol. The summed E-state index contributed by atoms with van der Waals surface area (Å²) in [6.07, 6.45) is -0.631. The van der Waals surface area contributed by atoms with Crippen molar-refractivity contribution >= 4 is 23.5 Å². The highest BCUT2D eigenvalue weighted by atomic mass is 16.5. The molecule has 48 heavy (non-hydrogen) atoms. The Balaban J connectivity index is 1.35. The topological polar surface area (TPSA) is 159 Å². The Morgan fingerprint density at radius 2 is 0.896 bits per heavy atom. The molecular weight excluding hydrogens is 608 g/mol. The highest BCUT2D eigenvalue weighted by Gasteiger charge is 2.30. The van der Waals surface area contributed by atoms with E-state index < -0.39 is 23.0 Å². The maximum atomic E-state index is 13.0. The van der Waals surface area contributed by atoms with Gasteiger partial charge in [0.1, 0.15) is 11.5 Å². The van der Waals surface area contributed by atoms with Crippen LogP contribution in [0, 0.1) is 22.7 Å². The van der Waals surface area contributed by atoms with Crippen LogP contribution in [0.25, 0.3) is 0 Å². The highest BCUT2D eigenvalue weighted by molar-refractivity contribution is 6.11. The van der Waals surface area contributed by atoms with Crippen LogP contribution in [0.5, 0.6) is 11.5 Å². The summed E-state index contributed by atoms with van der Waals surface area (Å²) in [6, 6.07) is 34.0. The molecule has 0 heterocycles. The van der Waals surface area contributed by atoms with Gasteiger partial charge in [0.15, 0.2) is 22.6 Å². The molecule has 0 bridgehead atoms. The van der Waals surface area contributed by atoms with Crippen molar-refractivity contribution in [1.82, 2.24) is 0 Å². The molecule has 10 nitrogen and oxygen atoms in total. The number of hydrogen-bond acceptors (Lipinski definition) is 10. The lowest BCUT2D eigenvalue weighted by molar-refractivity contribution is -0.135. The molecule has 4 aromatic rings. The van der Waals surface area contributed by atoms with Crippen LogP contribution in [0.4, 0.5) is 0 Å². The zero-order valence-corrected chi connectivity index (χ0v) is 26.5. The number of hydrogen-bond donors (Lipinski definition) is 0. The third-order valence-electron chi connectivity index (χ3n) is 7.39. The number of esters is 2. The number of nitrogens with zero attached hydrogens (tertiary/aromatic N) is 4. The molecule has 10 heteroatoms. The molecule has 4 rings (SSSR count). The van der Waals surface area contributed by atoms with E-state index in [1.165, 1.54) is 26.0 Å². The largest absolute Gasteiger partial charge is 0.426 e. The lowest BCUT2D eigenvalue weighted by Crippen LogP contribution is -2.26. The Morgan fingerprint density at radius 1 is 0.562 bits per heavy atom. The quantitative estimate of drug-likeness (QED) is 0.0604. The van der Waals surface area contributed by atoms with E-state index in [9.17, 15) is 29.7 Å². The number of ether oxygens (including phenoxy) is 2. The van der Waals surface area contributed by atoms with Crippen LogP contribution in [-0.2, 0) is 9.59 Å². The van der Waals surface area contributed by atoms with Crippen molar-refractivity contribution in [3.8, 4) is 23.6 Å². The zero-order valence-electron chi connectivity index (χ0n) is 26.5. The van der Waals surface area contributed by atoms with E-state index in [0.29, 0.717) is 11.1 Å². The Hall–Kier alpha value is -6.26. The fraction of sp³-hybridized carbons (Fsp3) is 0.211. The molecular formula is C38H32N4O6. The van der Waals surface area contributed by atoms with Gasteiger partial charge in [-0.3, -0.25) is 19.2 Å². The summed E-state index contributed by atoms with van der Waals surface area (Å²) < 4.78 is 11.0. The van der Waals surface area contributed by atoms with Gasteiger partial charge in [0.05, 0.1) is 23.3 Å². The lowest BCUT2D eigenvalue weighted by atomic mass is 9.97. The Kier molecular flexibility index (Phi) is 11.4. The predicted molar refractivity (Wildman–Crippen MR) is 175 cm³/mol. The van der Waals surface area contributed by atoms with E-state index in [1.54, 1.807) is 97.1 Å². The van der Waals surface area contributed by atoms with E-state index in [2.05, 4.69) is 10.2 Å². The number of para-hydroxylation sites is 2. The van der Waals surface area contributed by atoms with Crippen molar-refractivity contribution in [3.63, 3.8) is 0 Å². The van der Waals surface area contributed by atoms with Crippen molar-refractivity contribution in [2.24, 2.45) is 10.2 Å². The highest BCUT2D eigenvalue weighted by Crippen LogP contribution is 2.27. The van der Waals surface area contributed by atoms with Gasteiger partial charge in [-0.05, 0) is 51.0 Å². The molecule has 0 N–H and O–H groups in total. The number of benzene rings is 4. The summed E-state index contributed by atoms with van der Waals surface area (Å²) in [7, 11) is 0. The Labute approximate surface area is 278 Å². The average Bonchev–Trinajstić information content (AvgIpc) is 3.13. The second-order valence-corrected chi connectivity index (χ2v) is 11.3. The predicted octanol–water partition coefficient (Wildman–Crippen LogP) is 7.24. The van der Waals surface area contributed by atoms with Crippen molar-refractivity contribution in [2.45, 2.75) is 50.6 Å². The molecule has 4 aromatic carbocycles. The third-order valence-corrected chi connectivity index (χ3v) is 7.39. The number of carbonyl (C=O) groups excluding carboxylic acids is 4. The minimum absolute atomic E-state index is 0.0869. The standard InChI is InChI=1S/C38H32N4O6/c1-37(25-39,23-21-33(43)47-31-19-11-9-17-29(31)35(45)27-13-5-3-6-14-27)41-42-38(2,26-40)24-22-34(44)48-32-20-12-10-18-30(32)36(46)28-15-7-4-8-16-28/h3-20H,21-24H2,1-2H3. The molecule has 0 radical (unpaired) electrons. The van der Waals surface area contributed by atoms with Crippen LogP contribution in [0.1, 0.15) is 71.4 Å². The number of nitriles is 2. The van der Waals surface area contributed by atoms with Gasteiger partial charge in [-0.25, -0.2) is 0 Å². The molecule has 0 amide bonds. The number of carbonyl (C=O) groups is 4. The fourth-order valence-corrected chi connectivity index (χ4v) is 4.49. The van der Waals surface area contributed by atoms with Gasteiger partial charge in [-0.1, -0.05) is 84.9 Å². The smallest absolute Gasteiger partial charge is 0.311 e.